The Hall–Kier alpha value is -4.13. The molecule has 0 aliphatic carbocycles. The van der Waals surface area contributed by atoms with E-state index in [-0.39, 0.29) is 36.0 Å². The van der Waals surface area contributed by atoms with Gasteiger partial charge in [-0.1, -0.05) is 18.2 Å². The van der Waals surface area contributed by atoms with Crippen LogP contribution in [0.4, 0.5) is 18.9 Å². The quantitative estimate of drug-likeness (QED) is 0.492. The number of allylic oxidation sites excluding steroid dienone is 1. The molecule has 2 aromatic carbocycles. The molecule has 0 saturated carbocycles. The lowest BCUT2D eigenvalue weighted by Crippen LogP contribution is -2.48. The third kappa shape index (κ3) is 5.50. The topological polar surface area (TPSA) is 92.0 Å². The number of aliphatic imine (C=N–C) groups is 1. The van der Waals surface area contributed by atoms with Gasteiger partial charge in [0.25, 0.3) is 0 Å². The van der Waals surface area contributed by atoms with Gasteiger partial charge in [0.05, 0.1) is 36.0 Å². The smallest absolute Gasteiger partial charge is 0.416 e. The van der Waals surface area contributed by atoms with Crippen molar-refractivity contribution in [2.45, 2.75) is 32.9 Å². The molecule has 0 saturated heterocycles. The maximum Gasteiger partial charge on any atom is 0.416 e. The second-order valence-corrected chi connectivity index (χ2v) is 8.13. The number of anilines is 1. The van der Waals surface area contributed by atoms with E-state index in [0.29, 0.717) is 11.1 Å². The van der Waals surface area contributed by atoms with E-state index in [1.165, 1.54) is 24.1 Å². The molecule has 0 amide bonds. The van der Waals surface area contributed by atoms with Gasteiger partial charge < -0.3 is 14.4 Å². The van der Waals surface area contributed by atoms with Gasteiger partial charge in [-0.15, -0.1) is 0 Å². The van der Waals surface area contributed by atoms with Crippen molar-refractivity contribution in [3.8, 4) is 6.07 Å². The number of hydrogen-bond acceptors (Lipinski definition) is 6. The number of amidine groups is 1. The first-order chi connectivity index (χ1) is 17.6. The van der Waals surface area contributed by atoms with E-state index >= 15 is 0 Å². The Morgan fingerprint density at radius 1 is 1.08 bits per heavy atom. The van der Waals surface area contributed by atoms with Crippen LogP contribution in [0.25, 0.3) is 0 Å². The van der Waals surface area contributed by atoms with Crippen LogP contribution in [0.1, 0.15) is 43.4 Å². The van der Waals surface area contributed by atoms with Crippen molar-refractivity contribution in [3.63, 3.8) is 0 Å². The van der Waals surface area contributed by atoms with Crippen molar-refractivity contribution in [2.75, 3.05) is 25.2 Å². The van der Waals surface area contributed by atoms with Crippen molar-refractivity contribution in [2.24, 2.45) is 10.9 Å². The molecule has 3 rings (SSSR count). The highest BCUT2D eigenvalue weighted by molar-refractivity contribution is 6.15. The molecule has 0 N–H and O–H groups in total. The molecule has 2 atom stereocenters. The van der Waals surface area contributed by atoms with Crippen molar-refractivity contribution < 1.29 is 32.2 Å². The Morgan fingerprint density at radius 2 is 1.73 bits per heavy atom. The molecule has 2 aromatic rings. The largest absolute Gasteiger partial charge is 0.465 e. The average Bonchev–Trinajstić information content (AvgIpc) is 2.87. The second kappa shape index (κ2) is 11.3. The highest BCUT2D eigenvalue weighted by atomic mass is 19.4. The minimum atomic E-state index is -4.61. The number of benzene rings is 2. The fourth-order valence-electron chi connectivity index (χ4n) is 4.44. The Bertz CT molecular complexity index is 1280. The zero-order chi connectivity index (χ0) is 27.3. The molecular formula is C27H26F3N3O4. The first kappa shape index (κ1) is 27.5. The normalized spacial score (nSPS) is 19.0. The molecular weight excluding hydrogens is 487 g/mol. The molecule has 0 radical (unpaired) electrons. The molecule has 0 aromatic heterocycles. The third-order valence-electron chi connectivity index (χ3n) is 5.97. The number of carbonyl (C=O) groups excluding carboxylic acids is 2. The molecule has 1 heterocycles. The number of nitriles is 1. The number of halogens is 3. The van der Waals surface area contributed by atoms with E-state index in [1.807, 2.05) is 6.07 Å². The summed E-state index contributed by atoms with van der Waals surface area (Å²) >= 11 is 0. The average molecular weight is 514 g/mol. The molecule has 7 nitrogen and oxygen atoms in total. The van der Waals surface area contributed by atoms with Crippen molar-refractivity contribution in [1.82, 2.24) is 0 Å². The first-order valence-corrected chi connectivity index (χ1v) is 11.6. The summed E-state index contributed by atoms with van der Waals surface area (Å²) in [5.41, 5.74) is 0.405. The van der Waals surface area contributed by atoms with Gasteiger partial charge in [0.2, 0.25) is 0 Å². The standard InChI is InChI=1S/C27H26F3N3O4/c1-5-36-25(34)21-16(3)33(20-9-7-8-19(14-20)27(28,29)30)24(32-4)23(26(35)37-6-2)22(21)18-12-10-17(15-31)11-13-18/h7-14,22-23H,5-6H2,1-4H3. The Labute approximate surface area is 212 Å². The fraction of sp³-hybridized carbons (Fsp3) is 0.333. The zero-order valence-corrected chi connectivity index (χ0v) is 20.8. The molecule has 2 unspecified atom stereocenters. The molecule has 0 fully saturated rings. The molecule has 10 heteroatoms. The molecule has 1 aliphatic heterocycles. The van der Waals surface area contributed by atoms with Crippen LogP contribution in [-0.2, 0) is 25.2 Å². The number of nitrogens with zero attached hydrogens (tertiary/aromatic N) is 3. The van der Waals surface area contributed by atoms with Crippen LogP contribution in [0.3, 0.4) is 0 Å². The van der Waals surface area contributed by atoms with Crippen LogP contribution in [0.2, 0.25) is 0 Å². The zero-order valence-electron chi connectivity index (χ0n) is 20.8. The summed E-state index contributed by atoms with van der Waals surface area (Å²) in [4.78, 5) is 32.3. The summed E-state index contributed by atoms with van der Waals surface area (Å²) in [5, 5.41) is 9.21. The van der Waals surface area contributed by atoms with Gasteiger partial charge in [-0.2, -0.15) is 18.4 Å². The van der Waals surface area contributed by atoms with E-state index in [0.717, 1.165) is 12.1 Å². The molecule has 37 heavy (non-hydrogen) atoms. The van der Waals surface area contributed by atoms with E-state index in [9.17, 15) is 28.0 Å². The number of ether oxygens (including phenoxy) is 2. The lowest BCUT2D eigenvalue weighted by atomic mass is 9.75. The van der Waals surface area contributed by atoms with E-state index in [2.05, 4.69) is 4.99 Å². The number of rotatable bonds is 6. The second-order valence-electron chi connectivity index (χ2n) is 8.13. The first-order valence-electron chi connectivity index (χ1n) is 11.6. The summed E-state index contributed by atoms with van der Waals surface area (Å²) in [7, 11) is 1.42. The van der Waals surface area contributed by atoms with Gasteiger partial charge in [0.15, 0.2) is 0 Å². The SMILES string of the molecule is CCOC(=O)C1=C(C)N(c2cccc(C(F)(F)F)c2)C(=NC)C(C(=O)OCC)C1c1ccc(C#N)cc1. The lowest BCUT2D eigenvalue weighted by molar-refractivity contribution is -0.146. The van der Waals surface area contributed by atoms with Gasteiger partial charge >= 0.3 is 18.1 Å². The van der Waals surface area contributed by atoms with Crippen LogP contribution in [0, 0.1) is 17.2 Å². The molecule has 0 bridgehead atoms. The number of esters is 2. The highest BCUT2D eigenvalue weighted by Gasteiger charge is 2.48. The summed E-state index contributed by atoms with van der Waals surface area (Å²) < 4.78 is 51.3. The van der Waals surface area contributed by atoms with E-state index < -0.39 is 35.5 Å². The minimum Gasteiger partial charge on any atom is -0.465 e. The summed E-state index contributed by atoms with van der Waals surface area (Å²) in [5.74, 6) is -3.43. The predicted octanol–water partition coefficient (Wildman–Crippen LogP) is 5.23. The number of carbonyl (C=O) groups is 2. The Morgan fingerprint density at radius 3 is 2.27 bits per heavy atom. The minimum absolute atomic E-state index is 0.0351. The van der Waals surface area contributed by atoms with Crippen molar-refractivity contribution >= 4 is 23.5 Å². The van der Waals surface area contributed by atoms with Gasteiger partial charge in [-0.25, -0.2) is 4.79 Å². The highest BCUT2D eigenvalue weighted by Crippen LogP contribution is 2.44. The van der Waals surface area contributed by atoms with Crippen LogP contribution < -0.4 is 4.90 Å². The third-order valence-corrected chi connectivity index (χ3v) is 5.97. The molecule has 0 spiro atoms. The monoisotopic (exact) mass is 513 g/mol. The summed E-state index contributed by atoms with van der Waals surface area (Å²) in [6.45, 7) is 4.89. The Kier molecular flexibility index (Phi) is 8.38. The maximum atomic E-state index is 13.5. The van der Waals surface area contributed by atoms with Gasteiger partial charge in [-0.3, -0.25) is 9.79 Å². The van der Waals surface area contributed by atoms with Crippen LogP contribution in [0.15, 0.2) is 64.8 Å². The molecule has 194 valence electrons. The Balaban J connectivity index is 2.36. The maximum absolute atomic E-state index is 13.5. The van der Waals surface area contributed by atoms with Crippen molar-refractivity contribution in [3.05, 3.63) is 76.5 Å². The van der Waals surface area contributed by atoms with Gasteiger partial charge in [0, 0.05) is 24.4 Å². The van der Waals surface area contributed by atoms with E-state index in [1.54, 1.807) is 45.0 Å². The predicted molar refractivity (Wildman–Crippen MR) is 131 cm³/mol. The van der Waals surface area contributed by atoms with Gasteiger partial charge in [0.1, 0.15) is 11.8 Å². The van der Waals surface area contributed by atoms with Crippen molar-refractivity contribution in [1.29, 1.82) is 5.26 Å². The van der Waals surface area contributed by atoms with E-state index in [4.69, 9.17) is 9.47 Å². The van der Waals surface area contributed by atoms with Crippen LogP contribution in [-0.4, -0.2) is 38.0 Å². The lowest BCUT2D eigenvalue weighted by Gasteiger charge is -2.41. The fourth-order valence-corrected chi connectivity index (χ4v) is 4.44. The number of alkyl halides is 3. The number of hydrogen-bond donors (Lipinski definition) is 0. The summed E-state index contributed by atoms with van der Waals surface area (Å²) in [6.07, 6.45) is -4.61. The summed E-state index contributed by atoms with van der Waals surface area (Å²) in [6, 6.07) is 12.9. The van der Waals surface area contributed by atoms with Gasteiger partial charge in [-0.05, 0) is 56.7 Å². The molecule has 1 aliphatic rings. The van der Waals surface area contributed by atoms with Crippen LogP contribution >= 0.6 is 0 Å². The van der Waals surface area contributed by atoms with Crippen LogP contribution in [0.5, 0.6) is 0 Å².